The minimum Gasteiger partial charge on any atom is -0.356 e. The van der Waals surface area contributed by atoms with Crippen LogP contribution in [0.15, 0.2) is 34.9 Å². The van der Waals surface area contributed by atoms with Gasteiger partial charge in [0.2, 0.25) is 0 Å². The molecule has 0 amide bonds. The van der Waals surface area contributed by atoms with E-state index >= 15 is 0 Å². The normalized spacial score (nSPS) is 12.6. The highest BCUT2D eigenvalue weighted by molar-refractivity contribution is 6.33. The molecular weight excluding hydrogens is 248 g/mol. The maximum atomic E-state index is 6.11. The van der Waals surface area contributed by atoms with Crippen LogP contribution in [0.25, 0.3) is 11.3 Å². The summed E-state index contributed by atoms with van der Waals surface area (Å²) in [6.45, 7) is 5.01. The molecule has 2 rings (SSSR count). The van der Waals surface area contributed by atoms with Crippen LogP contribution in [0.3, 0.4) is 0 Å². The molecule has 0 saturated heterocycles. The maximum Gasteiger partial charge on any atom is 0.168 e. The third-order valence-electron chi connectivity index (χ3n) is 2.94. The average Bonchev–Trinajstić information content (AvgIpc) is 2.85. The standard InChI is InChI=1S/C14H17ClN2O/c1-3-10(2)16-9-11-8-14(18-17-11)12-6-4-5-7-13(12)15/h4-8,10,16H,3,9H2,1-2H3/t10-/m1/s1. The van der Waals surface area contributed by atoms with Crippen molar-refractivity contribution in [3.05, 3.63) is 41.0 Å². The van der Waals surface area contributed by atoms with E-state index in [-0.39, 0.29) is 0 Å². The molecule has 1 N–H and O–H groups in total. The Morgan fingerprint density at radius 3 is 2.89 bits per heavy atom. The quantitative estimate of drug-likeness (QED) is 0.891. The highest BCUT2D eigenvalue weighted by Gasteiger charge is 2.10. The van der Waals surface area contributed by atoms with Crippen LogP contribution >= 0.6 is 11.6 Å². The summed E-state index contributed by atoms with van der Waals surface area (Å²) >= 11 is 6.11. The fraction of sp³-hybridized carbons (Fsp3) is 0.357. The molecule has 3 nitrogen and oxygen atoms in total. The Kier molecular flexibility index (Phi) is 4.39. The molecule has 1 aromatic carbocycles. The molecule has 2 aromatic rings. The lowest BCUT2D eigenvalue weighted by Crippen LogP contribution is -2.24. The van der Waals surface area contributed by atoms with E-state index in [0.717, 1.165) is 17.7 Å². The Bertz CT molecular complexity index is 510. The van der Waals surface area contributed by atoms with Crippen LogP contribution in [0.2, 0.25) is 5.02 Å². The molecule has 0 fully saturated rings. The predicted octanol–water partition coefficient (Wildman–Crippen LogP) is 3.88. The summed E-state index contributed by atoms with van der Waals surface area (Å²) in [4.78, 5) is 0. The molecule has 0 saturated carbocycles. The van der Waals surface area contributed by atoms with Crippen molar-refractivity contribution in [3.63, 3.8) is 0 Å². The van der Waals surface area contributed by atoms with Gasteiger partial charge in [-0.05, 0) is 25.5 Å². The molecule has 96 valence electrons. The number of benzene rings is 1. The number of aromatic nitrogens is 1. The van der Waals surface area contributed by atoms with E-state index in [4.69, 9.17) is 16.1 Å². The predicted molar refractivity (Wildman–Crippen MR) is 73.5 cm³/mol. The molecule has 0 aliphatic carbocycles. The van der Waals surface area contributed by atoms with E-state index in [1.54, 1.807) is 0 Å². The molecule has 0 unspecified atom stereocenters. The lowest BCUT2D eigenvalue weighted by atomic mass is 10.1. The summed E-state index contributed by atoms with van der Waals surface area (Å²) in [7, 11) is 0. The second-order valence-electron chi connectivity index (χ2n) is 4.35. The molecule has 0 aliphatic heterocycles. The summed E-state index contributed by atoms with van der Waals surface area (Å²) in [6.07, 6.45) is 1.09. The van der Waals surface area contributed by atoms with Gasteiger partial charge in [0.15, 0.2) is 5.76 Å². The first kappa shape index (κ1) is 13.1. The Balaban J connectivity index is 2.09. The highest BCUT2D eigenvalue weighted by Crippen LogP contribution is 2.27. The van der Waals surface area contributed by atoms with Crippen LogP contribution in [-0.4, -0.2) is 11.2 Å². The zero-order valence-electron chi connectivity index (χ0n) is 10.6. The molecule has 1 atom stereocenters. The number of hydrogen-bond acceptors (Lipinski definition) is 3. The SMILES string of the molecule is CC[C@@H](C)NCc1cc(-c2ccccc2Cl)on1. The van der Waals surface area contributed by atoms with E-state index in [9.17, 15) is 0 Å². The van der Waals surface area contributed by atoms with Gasteiger partial charge in [-0.3, -0.25) is 0 Å². The van der Waals surface area contributed by atoms with E-state index in [1.165, 1.54) is 0 Å². The van der Waals surface area contributed by atoms with E-state index in [2.05, 4.69) is 24.3 Å². The van der Waals surface area contributed by atoms with Crippen molar-refractivity contribution in [2.24, 2.45) is 0 Å². The van der Waals surface area contributed by atoms with Gasteiger partial charge < -0.3 is 9.84 Å². The molecular formula is C14H17ClN2O. The molecule has 4 heteroatoms. The van der Waals surface area contributed by atoms with Gasteiger partial charge in [0.05, 0.1) is 10.7 Å². The van der Waals surface area contributed by atoms with Gasteiger partial charge in [0.1, 0.15) is 0 Å². The van der Waals surface area contributed by atoms with Gasteiger partial charge in [-0.2, -0.15) is 0 Å². The van der Waals surface area contributed by atoms with Crippen LogP contribution < -0.4 is 5.32 Å². The van der Waals surface area contributed by atoms with Crippen LogP contribution in [0, 0.1) is 0 Å². The summed E-state index contributed by atoms with van der Waals surface area (Å²) in [5.41, 5.74) is 1.77. The average molecular weight is 265 g/mol. The van der Waals surface area contributed by atoms with E-state index in [0.29, 0.717) is 23.4 Å². The van der Waals surface area contributed by atoms with Crippen molar-refractivity contribution in [2.45, 2.75) is 32.9 Å². The van der Waals surface area contributed by atoms with Gasteiger partial charge >= 0.3 is 0 Å². The van der Waals surface area contributed by atoms with Crippen LogP contribution in [-0.2, 0) is 6.54 Å². The van der Waals surface area contributed by atoms with Crippen LogP contribution in [0.5, 0.6) is 0 Å². The smallest absolute Gasteiger partial charge is 0.168 e. The Morgan fingerprint density at radius 1 is 1.39 bits per heavy atom. The Labute approximate surface area is 112 Å². The van der Waals surface area contributed by atoms with Crippen LogP contribution in [0.4, 0.5) is 0 Å². The molecule has 0 bridgehead atoms. The van der Waals surface area contributed by atoms with Crippen molar-refractivity contribution in [2.75, 3.05) is 0 Å². The second-order valence-corrected chi connectivity index (χ2v) is 4.76. The second kappa shape index (κ2) is 6.03. The molecule has 1 heterocycles. The zero-order chi connectivity index (χ0) is 13.0. The van der Waals surface area contributed by atoms with Crippen molar-refractivity contribution in [3.8, 4) is 11.3 Å². The van der Waals surface area contributed by atoms with Crippen molar-refractivity contribution < 1.29 is 4.52 Å². The minimum absolute atomic E-state index is 0.477. The first-order chi connectivity index (χ1) is 8.70. The lowest BCUT2D eigenvalue weighted by Gasteiger charge is -2.08. The Hall–Kier alpha value is -1.32. The highest BCUT2D eigenvalue weighted by atomic mass is 35.5. The summed E-state index contributed by atoms with van der Waals surface area (Å²) in [5.74, 6) is 0.710. The van der Waals surface area contributed by atoms with Gasteiger partial charge in [-0.1, -0.05) is 35.8 Å². The number of hydrogen-bond donors (Lipinski definition) is 1. The van der Waals surface area contributed by atoms with Crippen molar-refractivity contribution in [1.82, 2.24) is 10.5 Å². The summed E-state index contributed by atoms with van der Waals surface area (Å²) in [6, 6.07) is 10.0. The molecule has 0 radical (unpaired) electrons. The number of rotatable bonds is 5. The fourth-order valence-electron chi connectivity index (χ4n) is 1.61. The number of nitrogens with one attached hydrogen (secondary N) is 1. The first-order valence-corrected chi connectivity index (χ1v) is 6.52. The lowest BCUT2D eigenvalue weighted by molar-refractivity contribution is 0.415. The molecule has 0 aliphatic rings. The first-order valence-electron chi connectivity index (χ1n) is 6.14. The zero-order valence-corrected chi connectivity index (χ0v) is 11.4. The minimum atomic E-state index is 0.477. The van der Waals surface area contributed by atoms with Gasteiger partial charge in [0.25, 0.3) is 0 Å². The number of nitrogens with zero attached hydrogens (tertiary/aromatic N) is 1. The maximum absolute atomic E-state index is 6.11. The van der Waals surface area contributed by atoms with Gasteiger partial charge in [0, 0.05) is 24.2 Å². The van der Waals surface area contributed by atoms with Crippen LogP contribution in [0.1, 0.15) is 26.0 Å². The van der Waals surface area contributed by atoms with Crippen molar-refractivity contribution in [1.29, 1.82) is 0 Å². The third-order valence-corrected chi connectivity index (χ3v) is 3.27. The fourth-order valence-corrected chi connectivity index (χ4v) is 1.84. The van der Waals surface area contributed by atoms with Gasteiger partial charge in [-0.15, -0.1) is 0 Å². The summed E-state index contributed by atoms with van der Waals surface area (Å²) in [5, 5.41) is 8.09. The monoisotopic (exact) mass is 264 g/mol. The largest absolute Gasteiger partial charge is 0.356 e. The van der Waals surface area contributed by atoms with Crippen molar-refractivity contribution >= 4 is 11.6 Å². The summed E-state index contributed by atoms with van der Waals surface area (Å²) < 4.78 is 5.32. The topological polar surface area (TPSA) is 38.1 Å². The number of halogens is 1. The van der Waals surface area contributed by atoms with Gasteiger partial charge in [-0.25, -0.2) is 0 Å². The molecule has 0 spiro atoms. The third kappa shape index (κ3) is 3.12. The Morgan fingerprint density at radius 2 is 2.17 bits per heavy atom. The molecule has 18 heavy (non-hydrogen) atoms. The molecule has 1 aromatic heterocycles. The van der Waals surface area contributed by atoms with E-state index in [1.807, 2.05) is 30.3 Å². The van der Waals surface area contributed by atoms with E-state index < -0.39 is 0 Å².